The van der Waals surface area contributed by atoms with Crippen LogP contribution in [0, 0.1) is 0 Å². The number of benzene rings is 2. The maximum Gasteiger partial charge on any atom is 0.255 e. The van der Waals surface area contributed by atoms with Gasteiger partial charge < -0.3 is 14.8 Å². The largest absolute Gasteiger partial charge is 0.494 e. The van der Waals surface area contributed by atoms with Crippen LogP contribution in [0.4, 0.5) is 5.69 Å². The lowest BCUT2D eigenvalue weighted by Gasteiger charge is -2.08. The Morgan fingerprint density at radius 2 is 1.91 bits per heavy atom. The van der Waals surface area contributed by atoms with Gasteiger partial charge >= 0.3 is 0 Å². The van der Waals surface area contributed by atoms with Crippen molar-refractivity contribution in [1.82, 2.24) is 0 Å². The van der Waals surface area contributed by atoms with Crippen molar-refractivity contribution in [2.45, 2.75) is 6.92 Å². The smallest absolute Gasteiger partial charge is 0.255 e. The van der Waals surface area contributed by atoms with Gasteiger partial charge in [0.15, 0.2) is 0 Å². The zero-order valence-corrected chi connectivity index (χ0v) is 12.5. The zero-order chi connectivity index (χ0) is 15.8. The Morgan fingerprint density at radius 1 is 1.14 bits per heavy atom. The first-order chi connectivity index (χ1) is 10.7. The Labute approximate surface area is 130 Å². The van der Waals surface area contributed by atoms with E-state index in [9.17, 15) is 4.79 Å². The van der Waals surface area contributed by atoms with Gasteiger partial charge in [-0.15, -0.1) is 0 Å². The highest BCUT2D eigenvalue weighted by Gasteiger charge is 2.07. The van der Waals surface area contributed by atoms with Crippen LogP contribution in [0.3, 0.4) is 0 Å². The molecular formula is C18H19NO3. The molecule has 0 aliphatic carbocycles. The monoisotopic (exact) mass is 297 g/mol. The second-order valence-electron chi connectivity index (χ2n) is 4.54. The van der Waals surface area contributed by atoms with E-state index < -0.39 is 0 Å². The highest BCUT2D eigenvalue weighted by Crippen LogP contribution is 2.18. The SMILES string of the molecule is C=CCOc1ccc(NC(=O)c2cccc(OCC)c2)cc1. The zero-order valence-electron chi connectivity index (χ0n) is 12.5. The first-order valence-corrected chi connectivity index (χ1v) is 7.11. The van der Waals surface area contributed by atoms with E-state index in [1.807, 2.05) is 13.0 Å². The maximum absolute atomic E-state index is 12.2. The van der Waals surface area contributed by atoms with Crippen LogP contribution in [0.15, 0.2) is 61.2 Å². The molecule has 2 aromatic carbocycles. The lowest BCUT2D eigenvalue weighted by atomic mass is 10.2. The minimum Gasteiger partial charge on any atom is -0.494 e. The van der Waals surface area contributed by atoms with E-state index in [2.05, 4.69) is 11.9 Å². The van der Waals surface area contributed by atoms with Crippen LogP contribution in [-0.4, -0.2) is 19.1 Å². The molecule has 0 atom stereocenters. The first-order valence-electron chi connectivity index (χ1n) is 7.11. The lowest BCUT2D eigenvalue weighted by Crippen LogP contribution is -2.12. The Bertz CT molecular complexity index is 635. The maximum atomic E-state index is 12.2. The van der Waals surface area contributed by atoms with Crippen molar-refractivity contribution in [3.05, 3.63) is 66.7 Å². The molecular weight excluding hydrogens is 278 g/mol. The molecule has 0 heterocycles. The van der Waals surface area contributed by atoms with E-state index in [1.165, 1.54) is 0 Å². The van der Waals surface area contributed by atoms with Crippen molar-refractivity contribution in [3.8, 4) is 11.5 Å². The molecule has 0 radical (unpaired) electrons. The normalized spacial score (nSPS) is 9.86. The average molecular weight is 297 g/mol. The van der Waals surface area contributed by atoms with Gasteiger partial charge in [0, 0.05) is 11.3 Å². The molecule has 0 bridgehead atoms. The quantitative estimate of drug-likeness (QED) is 0.788. The highest BCUT2D eigenvalue weighted by molar-refractivity contribution is 6.04. The van der Waals surface area contributed by atoms with Crippen LogP contribution < -0.4 is 14.8 Å². The molecule has 0 aliphatic rings. The summed E-state index contributed by atoms with van der Waals surface area (Å²) in [5, 5.41) is 2.84. The summed E-state index contributed by atoms with van der Waals surface area (Å²) in [6.45, 7) is 6.52. The fraction of sp³-hybridized carbons (Fsp3) is 0.167. The van der Waals surface area contributed by atoms with Crippen LogP contribution in [0.5, 0.6) is 11.5 Å². The van der Waals surface area contributed by atoms with E-state index in [-0.39, 0.29) is 5.91 Å². The summed E-state index contributed by atoms with van der Waals surface area (Å²) in [5.74, 6) is 1.24. The predicted molar refractivity (Wildman–Crippen MR) is 87.7 cm³/mol. The number of hydrogen-bond donors (Lipinski definition) is 1. The highest BCUT2D eigenvalue weighted by atomic mass is 16.5. The lowest BCUT2D eigenvalue weighted by molar-refractivity contribution is 0.102. The molecule has 0 aliphatic heterocycles. The third kappa shape index (κ3) is 4.38. The van der Waals surface area contributed by atoms with E-state index in [0.29, 0.717) is 30.2 Å². The van der Waals surface area contributed by atoms with Gasteiger partial charge in [-0.05, 0) is 49.4 Å². The molecule has 0 fully saturated rings. The minimum atomic E-state index is -0.179. The summed E-state index contributed by atoms with van der Waals surface area (Å²) in [6, 6.07) is 14.3. The number of carbonyl (C=O) groups is 1. The molecule has 0 spiro atoms. The fourth-order valence-corrected chi connectivity index (χ4v) is 1.89. The van der Waals surface area contributed by atoms with E-state index in [4.69, 9.17) is 9.47 Å². The Hall–Kier alpha value is -2.75. The van der Waals surface area contributed by atoms with Crippen LogP contribution in [0.1, 0.15) is 17.3 Å². The molecule has 4 nitrogen and oxygen atoms in total. The molecule has 22 heavy (non-hydrogen) atoms. The number of ether oxygens (including phenoxy) is 2. The third-order valence-electron chi connectivity index (χ3n) is 2.89. The summed E-state index contributed by atoms with van der Waals surface area (Å²) in [6.07, 6.45) is 1.68. The van der Waals surface area contributed by atoms with Crippen LogP contribution in [-0.2, 0) is 0 Å². The number of hydrogen-bond acceptors (Lipinski definition) is 3. The Kier molecular flexibility index (Phi) is 5.60. The van der Waals surface area contributed by atoms with Crippen molar-refractivity contribution in [2.24, 2.45) is 0 Å². The Balaban J connectivity index is 2.02. The van der Waals surface area contributed by atoms with Gasteiger partial charge in [-0.2, -0.15) is 0 Å². The third-order valence-corrected chi connectivity index (χ3v) is 2.89. The fourth-order valence-electron chi connectivity index (χ4n) is 1.89. The first kappa shape index (κ1) is 15.6. The van der Waals surface area contributed by atoms with Crippen molar-refractivity contribution < 1.29 is 14.3 Å². The second kappa shape index (κ2) is 7.88. The van der Waals surface area contributed by atoms with Crippen LogP contribution in [0.25, 0.3) is 0 Å². The van der Waals surface area contributed by atoms with Gasteiger partial charge in [0.2, 0.25) is 0 Å². The minimum absolute atomic E-state index is 0.179. The molecule has 4 heteroatoms. The van der Waals surface area contributed by atoms with E-state index >= 15 is 0 Å². The van der Waals surface area contributed by atoms with Crippen molar-refractivity contribution in [3.63, 3.8) is 0 Å². The summed E-state index contributed by atoms with van der Waals surface area (Å²) < 4.78 is 10.8. The summed E-state index contributed by atoms with van der Waals surface area (Å²) >= 11 is 0. The molecule has 2 rings (SSSR count). The van der Waals surface area contributed by atoms with Gasteiger partial charge in [-0.1, -0.05) is 18.7 Å². The average Bonchev–Trinajstić information content (AvgIpc) is 2.55. The van der Waals surface area contributed by atoms with E-state index in [1.54, 1.807) is 48.5 Å². The van der Waals surface area contributed by atoms with Gasteiger partial charge in [0.25, 0.3) is 5.91 Å². The molecule has 0 unspecified atom stereocenters. The van der Waals surface area contributed by atoms with Gasteiger partial charge in [0.1, 0.15) is 18.1 Å². The molecule has 0 saturated carbocycles. The molecule has 114 valence electrons. The van der Waals surface area contributed by atoms with Crippen LogP contribution in [0.2, 0.25) is 0 Å². The molecule has 2 aromatic rings. The van der Waals surface area contributed by atoms with Gasteiger partial charge in [0.05, 0.1) is 6.61 Å². The van der Waals surface area contributed by atoms with Crippen LogP contribution >= 0.6 is 0 Å². The summed E-state index contributed by atoms with van der Waals surface area (Å²) in [4.78, 5) is 12.2. The van der Waals surface area contributed by atoms with Gasteiger partial charge in [-0.3, -0.25) is 4.79 Å². The number of nitrogens with one attached hydrogen (secondary N) is 1. The standard InChI is InChI=1S/C18H19NO3/c1-3-12-22-16-10-8-15(9-11-16)19-18(20)14-6-5-7-17(13-14)21-4-2/h3,5-11,13H,1,4,12H2,2H3,(H,19,20). The Morgan fingerprint density at radius 3 is 2.59 bits per heavy atom. The van der Waals surface area contributed by atoms with Crippen molar-refractivity contribution in [1.29, 1.82) is 0 Å². The number of rotatable bonds is 7. The molecule has 1 N–H and O–H groups in total. The predicted octanol–water partition coefficient (Wildman–Crippen LogP) is 3.90. The number of carbonyl (C=O) groups excluding carboxylic acids is 1. The summed E-state index contributed by atoms with van der Waals surface area (Å²) in [5.41, 5.74) is 1.26. The summed E-state index contributed by atoms with van der Waals surface area (Å²) in [7, 11) is 0. The van der Waals surface area contributed by atoms with Crippen molar-refractivity contribution in [2.75, 3.05) is 18.5 Å². The van der Waals surface area contributed by atoms with Gasteiger partial charge in [-0.25, -0.2) is 0 Å². The van der Waals surface area contributed by atoms with Crippen molar-refractivity contribution >= 4 is 11.6 Å². The molecule has 1 amide bonds. The molecule has 0 aromatic heterocycles. The number of amides is 1. The second-order valence-corrected chi connectivity index (χ2v) is 4.54. The molecule has 0 saturated heterocycles. The topological polar surface area (TPSA) is 47.6 Å². The number of anilines is 1. The van der Waals surface area contributed by atoms with E-state index in [0.717, 1.165) is 5.75 Å².